The Hall–Kier alpha value is -2.35. The number of rotatable bonds is 9. The fraction of sp³-hybridized carbons (Fsp3) is 0.375. The van der Waals surface area contributed by atoms with Crippen molar-refractivity contribution in [3.05, 3.63) is 41.5 Å². The van der Waals surface area contributed by atoms with Crippen LogP contribution in [0.5, 0.6) is 0 Å². The van der Waals surface area contributed by atoms with Crippen LogP contribution in [0.2, 0.25) is 0 Å². The molecule has 7 nitrogen and oxygen atoms in total. The van der Waals surface area contributed by atoms with E-state index >= 15 is 0 Å². The predicted octanol–water partition coefficient (Wildman–Crippen LogP) is 1.83. The van der Waals surface area contributed by atoms with Crippen molar-refractivity contribution in [1.29, 1.82) is 0 Å². The molecule has 0 atom stereocenters. The van der Waals surface area contributed by atoms with Crippen molar-refractivity contribution in [2.24, 2.45) is 5.73 Å². The normalized spacial score (nSPS) is 11.4. The van der Waals surface area contributed by atoms with Crippen LogP contribution in [0, 0.1) is 0 Å². The van der Waals surface area contributed by atoms with E-state index in [2.05, 4.69) is 21.9 Å². The van der Waals surface area contributed by atoms with Gasteiger partial charge >= 0.3 is 5.97 Å². The minimum absolute atomic E-state index is 0.103. The van der Waals surface area contributed by atoms with Crippen molar-refractivity contribution >= 4 is 28.5 Å². The lowest BCUT2D eigenvalue weighted by molar-refractivity contribution is -0.142. The molecule has 130 valence electrons. The van der Waals surface area contributed by atoms with E-state index < -0.39 is 0 Å². The maximum atomic E-state index is 12.3. The van der Waals surface area contributed by atoms with Gasteiger partial charge in [0.25, 0.3) is 5.91 Å². The number of allylic oxidation sites excluding steroid dienone is 1. The number of ether oxygens (including phenoxy) is 1. The van der Waals surface area contributed by atoms with E-state index in [9.17, 15) is 9.59 Å². The highest BCUT2D eigenvalue weighted by Crippen LogP contribution is 2.31. The van der Waals surface area contributed by atoms with E-state index in [-0.39, 0.29) is 24.8 Å². The van der Waals surface area contributed by atoms with Gasteiger partial charge in [0.05, 0.1) is 17.9 Å². The molecule has 1 amide bonds. The highest BCUT2D eigenvalue weighted by Gasteiger charge is 2.17. The van der Waals surface area contributed by atoms with Crippen LogP contribution < -0.4 is 11.1 Å². The fourth-order valence-electron chi connectivity index (χ4n) is 1.62. The second kappa shape index (κ2) is 10.4. The first-order chi connectivity index (χ1) is 11.5. The Bertz CT molecular complexity index is 617. The van der Waals surface area contributed by atoms with Gasteiger partial charge < -0.3 is 15.8 Å². The Morgan fingerprint density at radius 1 is 1.33 bits per heavy atom. The first-order valence-corrected chi connectivity index (χ1v) is 8.37. The van der Waals surface area contributed by atoms with Gasteiger partial charge in [0.2, 0.25) is 0 Å². The molecule has 1 heterocycles. The first kappa shape index (κ1) is 19.7. The number of nitrogens with two attached hydrogens (primary N) is 1. The van der Waals surface area contributed by atoms with Gasteiger partial charge in [0, 0.05) is 29.5 Å². The molecule has 0 unspecified atom stereocenters. The van der Waals surface area contributed by atoms with Crippen LogP contribution in [-0.4, -0.2) is 35.0 Å². The third-order valence-corrected chi connectivity index (χ3v) is 3.92. The van der Waals surface area contributed by atoms with E-state index in [0.717, 1.165) is 11.8 Å². The Morgan fingerprint density at radius 3 is 2.58 bits per heavy atom. The molecule has 0 saturated carbocycles. The largest absolute Gasteiger partial charge is 0.466 e. The van der Waals surface area contributed by atoms with Crippen molar-refractivity contribution in [1.82, 2.24) is 15.3 Å². The van der Waals surface area contributed by atoms with E-state index in [1.54, 1.807) is 25.4 Å². The Morgan fingerprint density at radius 2 is 2.00 bits per heavy atom. The van der Waals surface area contributed by atoms with Crippen LogP contribution in [0.3, 0.4) is 0 Å². The molecule has 1 rings (SSSR count). The van der Waals surface area contributed by atoms with E-state index in [1.807, 2.05) is 6.92 Å². The molecular weight excluding hydrogens is 328 g/mol. The zero-order valence-corrected chi connectivity index (χ0v) is 14.7. The summed E-state index contributed by atoms with van der Waals surface area (Å²) in [6.45, 7) is 7.96. The maximum absolute atomic E-state index is 12.3. The standard InChI is InChI=1S/C16H22N4O3S/c1-4-12(17)14(16(22)20-10-7-13(21)23-5-2)24-11(3)15-18-8-6-9-19-15/h6,8-9H,3-5,7,10,17H2,1-2H3,(H,20,22)/b14-12-. The molecule has 0 fully saturated rings. The van der Waals surface area contributed by atoms with Crippen LogP contribution in [0.4, 0.5) is 0 Å². The van der Waals surface area contributed by atoms with Gasteiger partial charge in [-0.25, -0.2) is 9.97 Å². The van der Waals surface area contributed by atoms with Crippen molar-refractivity contribution in [3.63, 3.8) is 0 Å². The molecule has 0 aliphatic rings. The highest BCUT2D eigenvalue weighted by atomic mass is 32.2. The van der Waals surface area contributed by atoms with Crippen LogP contribution in [0.1, 0.15) is 32.5 Å². The van der Waals surface area contributed by atoms with Crippen LogP contribution in [0.25, 0.3) is 4.91 Å². The van der Waals surface area contributed by atoms with Crippen molar-refractivity contribution in [3.8, 4) is 0 Å². The Balaban J connectivity index is 2.71. The lowest BCUT2D eigenvalue weighted by Crippen LogP contribution is -2.28. The summed E-state index contributed by atoms with van der Waals surface area (Å²) in [5.74, 6) is -0.287. The molecule has 24 heavy (non-hydrogen) atoms. The molecule has 1 aromatic rings. The Labute approximate surface area is 145 Å². The van der Waals surface area contributed by atoms with Gasteiger partial charge in [0.1, 0.15) is 0 Å². The summed E-state index contributed by atoms with van der Waals surface area (Å²) in [6, 6.07) is 1.70. The molecule has 1 aromatic heterocycles. The fourth-order valence-corrected chi connectivity index (χ4v) is 2.51. The summed E-state index contributed by atoms with van der Waals surface area (Å²) in [6.07, 6.45) is 3.81. The number of amides is 1. The number of esters is 1. The van der Waals surface area contributed by atoms with Crippen molar-refractivity contribution in [2.75, 3.05) is 13.2 Å². The molecular formula is C16H22N4O3S. The summed E-state index contributed by atoms with van der Waals surface area (Å²) in [5, 5.41) is 2.66. The summed E-state index contributed by atoms with van der Waals surface area (Å²) < 4.78 is 4.81. The van der Waals surface area contributed by atoms with Gasteiger partial charge in [-0.15, -0.1) is 0 Å². The summed E-state index contributed by atoms with van der Waals surface area (Å²) in [5.41, 5.74) is 6.38. The zero-order valence-electron chi connectivity index (χ0n) is 13.9. The average Bonchev–Trinajstić information content (AvgIpc) is 2.59. The quantitative estimate of drug-likeness (QED) is 0.517. The van der Waals surface area contributed by atoms with Gasteiger partial charge in [-0.2, -0.15) is 0 Å². The molecule has 0 saturated heterocycles. The van der Waals surface area contributed by atoms with Gasteiger partial charge in [-0.1, -0.05) is 25.3 Å². The summed E-state index contributed by atoms with van der Waals surface area (Å²) in [7, 11) is 0. The lowest BCUT2D eigenvalue weighted by atomic mass is 10.3. The number of aromatic nitrogens is 2. The molecule has 0 aliphatic heterocycles. The van der Waals surface area contributed by atoms with Crippen LogP contribution in [-0.2, 0) is 14.3 Å². The number of thioether (sulfide) groups is 1. The molecule has 0 spiro atoms. The van der Waals surface area contributed by atoms with E-state index in [0.29, 0.717) is 34.4 Å². The zero-order chi connectivity index (χ0) is 17.9. The van der Waals surface area contributed by atoms with Gasteiger partial charge in [-0.3, -0.25) is 9.59 Å². The Kier molecular flexibility index (Phi) is 8.56. The monoisotopic (exact) mass is 350 g/mol. The minimum atomic E-state index is -0.360. The second-order valence-electron chi connectivity index (χ2n) is 4.62. The van der Waals surface area contributed by atoms with Crippen molar-refractivity contribution < 1.29 is 14.3 Å². The molecule has 0 radical (unpaired) electrons. The molecule has 0 aliphatic carbocycles. The van der Waals surface area contributed by atoms with Crippen LogP contribution in [0.15, 0.2) is 35.6 Å². The van der Waals surface area contributed by atoms with Gasteiger partial charge in [-0.05, 0) is 19.4 Å². The number of nitrogens with zero attached hydrogens (tertiary/aromatic N) is 2. The molecule has 0 aromatic carbocycles. The average molecular weight is 350 g/mol. The number of carbonyl (C=O) groups is 2. The molecule has 8 heteroatoms. The third kappa shape index (κ3) is 6.41. The first-order valence-electron chi connectivity index (χ1n) is 7.56. The summed E-state index contributed by atoms with van der Waals surface area (Å²) in [4.78, 5) is 32.7. The molecule has 0 bridgehead atoms. The maximum Gasteiger partial charge on any atom is 0.307 e. The van der Waals surface area contributed by atoms with E-state index in [4.69, 9.17) is 10.5 Å². The second-order valence-corrected chi connectivity index (χ2v) is 5.72. The SMILES string of the molecule is C=C(S/C(C(=O)NCCC(=O)OCC)=C(\N)CC)c1ncccn1. The smallest absolute Gasteiger partial charge is 0.307 e. The molecule has 3 N–H and O–H groups in total. The minimum Gasteiger partial charge on any atom is -0.466 e. The lowest BCUT2D eigenvalue weighted by Gasteiger charge is -2.12. The van der Waals surface area contributed by atoms with Crippen LogP contribution >= 0.6 is 11.8 Å². The topological polar surface area (TPSA) is 107 Å². The van der Waals surface area contributed by atoms with Gasteiger partial charge in [0.15, 0.2) is 5.82 Å². The third-order valence-electron chi connectivity index (χ3n) is 2.84. The number of hydrogen-bond donors (Lipinski definition) is 2. The predicted molar refractivity (Wildman–Crippen MR) is 94.4 cm³/mol. The summed E-state index contributed by atoms with van der Waals surface area (Å²) >= 11 is 1.11. The number of hydrogen-bond acceptors (Lipinski definition) is 7. The van der Waals surface area contributed by atoms with Crippen molar-refractivity contribution in [2.45, 2.75) is 26.7 Å². The van der Waals surface area contributed by atoms with E-state index in [1.165, 1.54) is 0 Å². The number of carbonyl (C=O) groups excluding carboxylic acids is 2. The highest BCUT2D eigenvalue weighted by molar-refractivity contribution is 8.12. The number of nitrogens with one attached hydrogen (secondary N) is 1.